The van der Waals surface area contributed by atoms with E-state index in [2.05, 4.69) is 51.4 Å². The monoisotopic (exact) mass is 389 g/mol. The van der Waals surface area contributed by atoms with Crippen LogP contribution in [0.4, 0.5) is 11.4 Å². The zero-order valence-electron chi connectivity index (χ0n) is 17.0. The lowest BCUT2D eigenvalue weighted by Crippen LogP contribution is -2.01. The number of aryl methyl sites for hydroxylation is 2. The van der Waals surface area contributed by atoms with Crippen LogP contribution in [-0.2, 0) is 11.2 Å². The van der Waals surface area contributed by atoms with Crippen LogP contribution in [0.25, 0.3) is 22.5 Å². The molecule has 0 amide bonds. The Morgan fingerprint density at radius 3 is 2.76 bits per heavy atom. The zero-order valence-corrected chi connectivity index (χ0v) is 17.0. The van der Waals surface area contributed by atoms with Gasteiger partial charge in [-0.05, 0) is 50.1 Å². The van der Waals surface area contributed by atoms with E-state index in [9.17, 15) is 0 Å². The van der Waals surface area contributed by atoms with Crippen LogP contribution < -0.4 is 5.32 Å². The Balaban J connectivity index is 1.85. The lowest BCUT2D eigenvalue weighted by atomic mass is 10.1. The number of aromatic nitrogens is 4. The van der Waals surface area contributed by atoms with Gasteiger partial charge in [0.1, 0.15) is 0 Å². The van der Waals surface area contributed by atoms with Crippen molar-refractivity contribution in [1.29, 1.82) is 0 Å². The van der Waals surface area contributed by atoms with Crippen LogP contribution in [0.1, 0.15) is 22.6 Å². The van der Waals surface area contributed by atoms with Gasteiger partial charge in [0.15, 0.2) is 11.5 Å². The largest absolute Gasteiger partial charge is 0.384 e. The molecule has 0 fully saturated rings. The van der Waals surface area contributed by atoms with Crippen LogP contribution in [0.5, 0.6) is 0 Å². The summed E-state index contributed by atoms with van der Waals surface area (Å²) in [4.78, 5) is 13.6. The summed E-state index contributed by atoms with van der Waals surface area (Å²) in [6.07, 6.45) is 2.32. The van der Waals surface area contributed by atoms with Crippen LogP contribution in [0.3, 0.4) is 0 Å². The predicted octanol–water partition coefficient (Wildman–Crippen LogP) is 4.54. The number of fused-ring (bicyclic) bond motifs is 1. The summed E-state index contributed by atoms with van der Waals surface area (Å²) in [6, 6.07) is 10.2. The summed E-state index contributed by atoms with van der Waals surface area (Å²) in [5, 5.41) is 8.52. The molecule has 7 nitrogen and oxygen atoms in total. The van der Waals surface area contributed by atoms with Gasteiger partial charge in [-0.15, -0.1) is 0 Å². The van der Waals surface area contributed by atoms with Crippen LogP contribution in [0.15, 0.2) is 41.1 Å². The third-order valence-electron chi connectivity index (χ3n) is 4.96. The Labute approximate surface area is 169 Å². The highest BCUT2D eigenvalue weighted by atomic mass is 16.5. The fraction of sp³-hybridized carbons (Fsp3) is 0.273. The molecule has 3 aromatic heterocycles. The van der Waals surface area contributed by atoms with Crippen molar-refractivity contribution in [2.45, 2.75) is 27.2 Å². The van der Waals surface area contributed by atoms with Crippen molar-refractivity contribution in [3.63, 3.8) is 0 Å². The number of benzene rings is 1. The van der Waals surface area contributed by atoms with Gasteiger partial charge in [-0.2, -0.15) is 4.98 Å². The minimum Gasteiger partial charge on any atom is -0.384 e. The van der Waals surface area contributed by atoms with E-state index in [1.54, 1.807) is 13.3 Å². The quantitative estimate of drug-likeness (QED) is 0.518. The van der Waals surface area contributed by atoms with E-state index in [1.807, 2.05) is 25.1 Å². The number of ether oxygens (including phenoxy) is 1. The standard InChI is InChI=1S/C22H23N5O2/c1-13-6-5-7-18(15(13)3)25-20-16-9-8-14(2)24-21(16)23-12-17(20)22-26-19(27-29-22)10-11-28-4/h5-9,12H,10-11H2,1-4H3,(H,23,24,25). The minimum atomic E-state index is 0.416. The van der Waals surface area contributed by atoms with Crippen molar-refractivity contribution < 1.29 is 9.26 Å². The number of anilines is 2. The first-order valence-electron chi connectivity index (χ1n) is 9.48. The molecular weight excluding hydrogens is 366 g/mol. The van der Waals surface area contributed by atoms with E-state index >= 15 is 0 Å². The van der Waals surface area contributed by atoms with Gasteiger partial charge in [0, 0.05) is 36.5 Å². The average Bonchev–Trinajstić information content (AvgIpc) is 3.18. The predicted molar refractivity (Wildman–Crippen MR) is 112 cm³/mol. The number of rotatable bonds is 6. The zero-order chi connectivity index (χ0) is 20.4. The van der Waals surface area contributed by atoms with E-state index in [-0.39, 0.29) is 0 Å². The molecule has 1 N–H and O–H groups in total. The smallest absolute Gasteiger partial charge is 0.261 e. The first-order valence-corrected chi connectivity index (χ1v) is 9.48. The first-order chi connectivity index (χ1) is 14.1. The number of nitrogens with one attached hydrogen (secondary N) is 1. The lowest BCUT2D eigenvalue weighted by Gasteiger charge is -2.15. The van der Waals surface area contributed by atoms with Crippen molar-refractivity contribution in [2.75, 3.05) is 19.0 Å². The first kappa shape index (κ1) is 19.0. The fourth-order valence-corrected chi connectivity index (χ4v) is 3.15. The highest BCUT2D eigenvalue weighted by Gasteiger charge is 2.18. The van der Waals surface area contributed by atoms with Crippen LogP contribution in [-0.4, -0.2) is 33.8 Å². The van der Waals surface area contributed by atoms with Gasteiger partial charge in [0.2, 0.25) is 0 Å². The van der Waals surface area contributed by atoms with Gasteiger partial charge < -0.3 is 14.6 Å². The molecule has 0 aliphatic heterocycles. The van der Waals surface area contributed by atoms with Crippen molar-refractivity contribution in [2.24, 2.45) is 0 Å². The molecule has 0 saturated heterocycles. The number of methoxy groups -OCH3 is 1. The molecule has 0 atom stereocenters. The molecular formula is C22H23N5O2. The van der Waals surface area contributed by atoms with Crippen molar-refractivity contribution >= 4 is 22.4 Å². The average molecular weight is 389 g/mol. The third kappa shape index (κ3) is 3.82. The molecule has 0 aliphatic rings. The molecule has 0 spiro atoms. The maximum absolute atomic E-state index is 5.54. The van der Waals surface area contributed by atoms with Crippen molar-refractivity contribution in [3.8, 4) is 11.5 Å². The van der Waals surface area contributed by atoms with Gasteiger partial charge >= 0.3 is 0 Å². The summed E-state index contributed by atoms with van der Waals surface area (Å²) < 4.78 is 10.6. The Morgan fingerprint density at radius 2 is 1.93 bits per heavy atom. The molecule has 0 bridgehead atoms. The van der Waals surface area contributed by atoms with Crippen molar-refractivity contribution in [1.82, 2.24) is 20.1 Å². The van der Waals surface area contributed by atoms with Gasteiger partial charge in [0.25, 0.3) is 5.89 Å². The molecule has 0 unspecified atom stereocenters. The second-order valence-electron chi connectivity index (χ2n) is 7.00. The lowest BCUT2D eigenvalue weighted by molar-refractivity contribution is 0.199. The molecule has 7 heteroatoms. The Morgan fingerprint density at radius 1 is 1.07 bits per heavy atom. The van der Waals surface area contributed by atoms with E-state index in [4.69, 9.17) is 9.26 Å². The van der Waals surface area contributed by atoms with Gasteiger partial charge in [-0.25, -0.2) is 9.97 Å². The number of hydrogen-bond donors (Lipinski definition) is 1. The summed E-state index contributed by atoms with van der Waals surface area (Å²) in [6.45, 7) is 6.68. The highest BCUT2D eigenvalue weighted by Crippen LogP contribution is 2.35. The van der Waals surface area contributed by atoms with E-state index < -0.39 is 0 Å². The molecule has 4 aromatic rings. The molecule has 29 heavy (non-hydrogen) atoms. The summed E-state index contributed by atoms with van der Waals surface area (Å²) in [5.41, 5.74) is 6.56. The Hall–Kier alpha value is -3.32. The van der Waals surface area contributed by atoms with Crippen LogP contribution in [0, 0.1) is 20.8 Å². The van der Waals surface area contributed by atoms with Crippen molar-refractivity contribution in [3.05, 3.63) is 59.2 Å². The second-order valence-corrected chi connectivity index (χ2v) is 7.00. The SMILES string of the molecule is COCCc1noc(-c2cnc3nc(C)ccc3c2Nc2cccc(C)c2C)n1. The molecule has 0 aliphatic carbocycles. The molecule has 148 valence electrons. The summed E-state index contributed by atoms with van der Waals surface area (Å²) in [5.74, 6) is 1.01. The summed E-state index contributed by atoms with van der Waals surface area (Å²) >= 11 is 0. The maximum atomic E-state index is 5.54. The van der Waals surface area contributed by atoms with E-state index in [0.717, 1.165) is 28.0 Å². The number of nitrogens with zero attached hydrogens (tertiary/aromatic N) is 4. The molecule has 1 aromatic carbocycles. The van der Waals surface area contributed by atoms with E-state index in [0.29, 0.717) is 30.4 Å². The molecule has 0 radical (unpaired) electrons. The molecule has 0 saturated carbocycles. The fourth-order valence-electron chi connectivity index (χ4n) is 3.15. The van der Waals surface area contributed by atoms with E-state index in [1.165, 1.54) is 11.1 Å². The molecule has 4 rings (SSSR count). The highest BCUT2D eigenvalue weighted by molar-refractivity contribution is 5.98. The third-order valence-corrected chi connectivity index (χ3v) is 4.96. The topological polar surface area (TPSA) is 86.0 Å². The number of hydrogen-bond acceptors (Lipinski definition) is 7. The van der Waals surface area contributed by atoms with Gasteiger partial charge in [-0.1, -0.05) is 17.3 Å². The normalized spacial score (nSPS) is 11.2. The minimum absolute atomic E-state index is 0.416. The maximum Gasteiger partial charge on any atom is 0.261 e. The molecule has 3 heterocycles. The van der Waals surface area contributed by atoms with Gasteiger partial charge in [-0.3, -0.25) is 0 Å². The Bertz CT molecular complexity index is 1170. The Kier molecular flexibility index (Phi) is 5.22. The van der Waals surface area contributed by atoms with Crippen LogP contribution in [0.2, 0.25) is 0 Å². The second kappa shape index (κ2) is 7.97. The number of pyridine rings is 2. The van der Waals surface area contributed by atoms with Gasteiger partial charge in [0.05, 0.1) is 17.9 Å². The van der Waals surface area contributed by atoms with Crippen LogP contribution >= 0.6 is 0 Å². The summed E-state index contributed by atoms with van der Waals surface area (Å²) in [7, 11) is 1.65.